The number of hydrogen-bond acceptors (Lipinski definition) is 0. The van der Waals surface area contributed by atoms with Crippen molar-refractivity contribution in [3.63, 3.8) is 0 Å². The van der Waals surface area contributed by atoms with Gasteiger partial charge in [0.15, 0.2) is 0 Å². The quantitative estimate of drug-likeness (QED) is 0.465. The molecule has 0 atom stereocenters. The molecule has 0 saturated carbocycles. The van der Waals surface area contributed by atoms with E-state index in [4.69, 9.17) is 0 Å². The summed E-state index contributed by atoms with van der Waals surface area (Å²) >= 11 is 0.811. The van der Waals surface area contributed by atoms with E-state index in [1.807, 2.05) is 0 Å². The summed E-state index contributed by atoms with van der Waals surface area (Å²) in [6, 6.07) is 2.01. The molecule has 1 aromatic rings. The van der Waals surface area contributed by atoms with Crippen molar-refractivity contribution < 1.29 is 26.3 Å². The van der Waals surface area contributed by atoms with Gasteiger partial charge in [-0.15, -0.1) is 0 Å². The van der Waals surface area contributed by atoms with Crippen LogP contribution in [0.3, 0.4) is 0 Å². The summed E-state index contributed by atoms with van der Waals surface area (Å²) in [6.07, 6.45) is -9.52. The summed E-state index contributed by atoms with van der Waals surface area (Å²) in [5.41, 5.74) is -2.50. The molecule has 0 heterocycles. The Labute approximate surface area is 90.5 Å². The Morgan fingerprint density at radius 3 is 1.40 bits per heavy atom. The second-order valence-electron chi connectivity index (χ2n) is 2.97. The van der Waals surface area contributed by atoms with Gasteiger partial charge in [0.1, 0.15) is 0 Å². The average Bonchev–Trinajstić information content (AvgIpc) is 1.99. The predicted molar refractivity (Wildman–Crippen MR) is 41.8 cm³/mol. The van der Waals surface area contributed by atoms with Crippen molar-refractivity contribution >= 4 is 22.0 Å². The molecule has 0 unspecified atom stereocenters. The molecule has 0 aliphatic rings. The Bertz CT molecular complexity index is 332. The van der Waals surface area contributed by atoms with Gasteiger partial charge in [0.25, 0.3) is 0 Å². The molecule has 15 heavy (non-hydrogen) atoms. The van der Waals surface area contributed by atoms with E-state index in [1.54, 1.807) is 0 Å². The number of alkyl halides is 6. The van der Waals surface area contributed by atoms with Crippen LogP contribution in [0.5, 0.6) is 0 Å². The van der Waals surface area contributed by atoms with E-state index in [1.165, 1.54) is 0 Å². The molecule has 0 aromatic heterocycles. The Morgan fingerprint density at radius 2 is 1.13 bits per heavy atom. The first-order valence-electron chi connectivity index (χ1n) is 3.88. The number of rotatable bonds is 0. The molecule has 0 saturated heterocycles. The zero-order valence-electron chi connectivity index (χ0n) is 7.50. The van der Waals surface area contributed by atoms with Crippen molar-refractivity contribution in [3.05, 3.63) is 29.3 Å². The fraction of sp³-hybridized carbons (Fsp3) is 0.250. The van der Waals surface area contributed by atoms with Crippen LogP contribution in [0.15, 0.2) is 18.2 Å². The van der Waals surface area contributed by atoms with Crippen molar-refractivity contribution in [1.82, 2.24) is 0 Å². The summed E-state index contributed by atoms with van der Waals surface area (Å²) in [4.78, 5) is 0. The molecule has 1 aromatic carbocycles. The number of benzene rings is 1. The summed E-state index contributed by atoms with van der Waals surface area (Å²) in [6.45, 7) is 0. The van der Waals surface area contributed by atoms with Crippen LogP contribution < -0.4 is 4.24 Å². The molecule has 0 N–H and O–H groups in total. The SMILES string of the molecule is [Li][c]1c(C(F)(F)F)cccc1C(F)(F)F. The fourth-order valence-electron chi connectivity index (χ4n) is 1.25. The molecule has 0 bridgehead atoms. The fourth-order valence-corrected chi connectivity index (χ4v) is 1.25. The van der Waals surface area contributed by atoms with Crippen LogP contribution in [0, 0.1) is 0 Å². The number of halogens is 6. The Hall–Kier alpha value is -0.603. The van der Waals surface area contributed by atoms with Gasteiger partial charge in [-0.25, -0.2) is 0 Å². The van der Waals surface area contributed by atoms with Crippen molar-refractivity contribution in [3.8, 4) is 0 Å². The van der Waals surface area contributed by atoms with E-state index in [0.717, 1.165) is 23.8 Å². The van der Waals surface area contributed by atoms with Gasteiger partial charge in [0, 0.05) is 0 Å². The van der Waals surface area contributed by atoms with E-state index < -0.39 is 27.7 Å². The van der Waals surface area contributed by atoms with Crippen LogP contribution in [-0.2, 0) is 12.4 Å². The molecule has 0 nitrogen and oxygen atoms in total. The molecule has 1 rings (SSSR count). The summed E-state index contributed by atoms with van der Waals surface area (Å²) in [5, 5.41) is 0. The minimum atomic E-state index is -4.76. The van der Waals surface area contributed by atoms with Crippen molar-refractivity contribution in [2.75, 3.05) is 0 Å². The topological polar surface area (TPSA) is 0 Å². The third-order valence-electron chi connectivity index (χ3n) is 1.94. The van der Waals surface area contributed by atoms with Gasteiger partial charge in [-0.1, -0.05) is 0 Å². The molecule has 0 spiro atoms. The van der Waals surface area contributed by atoms with Crippen LogP contribution in [0.1, 0.15) is 11.1 Å². The third-order valence-corrected chi connectivity index (χ3v) is 1.94. The second kappa shape index (κ2) is 3.76. The first-order chi connectivity index (χ1) is 6.64. The zero-order chi connectivity index (χ0) is 11.9. The maximum atomic E-state index is 12.2. The molecule has 0 amide bonds. The summed E-state index contributed by atoms with van der Waals surface area (Å²) < 4.78 is 72.7. The molecule has 0 aliphatic carbocycles. The van der Waals surface area contributed by atoms with Crippen molar-refractivity contribution in [2.24, 2.45) is 0 Å². The predicted octanol–water partition coefficient (Wildman–Crippen LogP) is 2.52. The van der Waals surface area contributed by atoms with Gasteiger partial charge < -0.3 is 0 Å². The standard InChI is InChI=1S/C8H3F6.Li/c9-7(10,11)5-2-1-3-6(4-5)8(12,13)14;/h1-3H;. The second-order valence-corrected chi connectivity index (χ2v) is 2.97. The number of hydrogen-bond donors (Lipinski definition) is 0. The summed E-state index contributed by atoms with van der Waals surface area (Å²) in [7, 11) is 0. The molecule has 0 aliphatic heterocycles. The van der Waals surface area contributed by atoms with Gasteiger partial charge in [0.2, 0.25) is 0 Å². The van der Waals surface area contributed by atoms with Gasteiger partial charge >= 0.3 is 90.0 Å². The normalized spacial score (nSPS) is 13.1. The van der Waals surface area contributed by atoms with Gasteiger partial charge in [0.05, 0.1) is 0 Å². The summed E-state index contributed by atoms with van der Waals surface area (Å²) in [5.74, 6) is 0. The first kappa shape index (κ1) is 12.5. The van der Waals surface area contributed by atoms with Crippen molar-refractivity contribution in [1.29, 1.82) is 0 Å². The van der Waals surface area contributed by atoms with Crippen molar-refractivity contribution in [2.45, 2.75) is 12.4 Å². The van der Waals surface area contributed by atoms with E-state index in [2.05, 4.69) is 0 Å². The zero-order valence-corrected chi connectivity index (χ0v) is 7.50. The minimum absolute atomic E-state index is 0.630. The molecule has 78 valence electrons. The Morgan fingerprint density at radius 1 is 0.800 bits per heavy atom. The van der Waals surface area contributed by atoms with Crippen LogP contribution in [-0.4, -0.2) is 17.7 Å². The molecule has 7 heteroatoms. The molecular formula is C8H3F6Li. The molecule has 0 radical (unpaired) electrons. The van der Waals surface area contributed by atoms with Crippen LogP contribution in [0.4, 0.5) is 26.3 Å². The van der Waals surface area contributed by atoms with E-state index in [0.29, 0.717) is 12.1 Å². The Balaban J connectivity index is 3.37. The van der Waals surface area contributed by atoms with E-state index >= 15 is 0 Å². The van der Waals surface area contributed by atoms with Crippen LogP contribution in [0.25, 0.3) is 0 Å². The van der Waals surface area contributed by atoms with Gasteiger partial charge in [-0.05, 0) is 0 Å². The third kappa shape index (κ3) is 2.70. The van der Waals surface area contributed by atoms with Crippen LogP contribution >= 0.6 is 0 Å². The average molecular weight is 220 g/mol. The Kier molecular flexibility index (Phi) is 3.13. The molecule has 0 fully saturated rings. The van der Waals surface area contributed by atoms with Crippen LogP contribution in [0.2, 0.25) is 0 Å². The van der Waals surface area contributed by atoms with Gasteiger partial charge in [-0.3, -0.25) is 0 Å². The van der Waals surface area contributed by atoms with E-state index in [9.17, 15) is 26.3 Å². The molecular weight excluding hydrogens is 217 g/mol. The van der Waals surface area contributed by atoms with Gasteiger partial charge in [-0.2, -0.15) is 0 Å². The monoisotopic (exact) mass is 220 g/mol. The first-order valence-corrected chi connectivity index (χ1v) is 3.88. The maximum absolute atomic E-state index is 12.2. The van der Waals surface area contributed by atoms with E-state index in [-0.39, 0.29) is 0 Å².